The summed E-state index contributed by atoms with van der Waals surface area (Å²) in [6.45, 7) is 3.98. The number of carbonyl (C=O) groups excluding carboxylic acids is 1. The molecule has 2 aromatic rings. The average molecular weight is 444 g/mol. The molecule has 0 N–H and O–H groups in total. The van der Waals surface area contributed by atoms with Gasteiger partial charge in [-0.05, 0) is 23.8 Å². The lowest BCUT2D eigenvalue weighted by Gasteiger charge is -2.34. The van der Waals surface area contributed by atoms with Crippen molar-refractivity contribution in [2.45, 2.75) is 25.3 Å². The van der Waals surface area contributed by atoms with Crippen molar-refractivity contribution in [2.24, 2.45) is 0 Å². The number of carbonyl (C=O) groups is 1. The molecule has 0 amide bonds. The number of hydrogen-bond donors (Lipinski definition) is 0. The van der Waals surface area contributed by atoms with Crippen molar-refractivity contribution >= 4 is 5.78 Å². The molecule has 9 heteroatoms. The van der Waals surface area contributed by atoms with Crippen molar-refractivity contribution < 1.29 is 31.1 Å². The van der Waals surface area contributed by atoms with Gasteiger partial charge in [-0.15, -0.1) is 0 Å². The van der Waals surface area contributed by atoms with Crippen LogP contribution in [0.2, 0.25) is 0 Å². The number of alkyl halides is 6. The quantitative estimate of drug-likeness (QED) is 0.457. The highest BCUT2D eigenvalue weighted by atomic mass is 19.4. The Balaban J connectivity index is 1.57. The summed E-state index contributed by atoms with van der Waals surface area (Å²) in [4.78, 5) is 16.6. The van der Waals surface area contributed by atoms with Crippen LogP contribution in [0.3, 0.4) is 0 Å². The van der Waals surface area contributed by atoms with Crippen LogP contribution in [-0.4, -0.2) is 48.3 Å². The Kier molecular flexibility index (Phi) is 7.06. The smallest absolute Gasteiger partial charge is 0.300 e. The number of piperazine rings is 1. The predicted molar refractivity (Wildman–Crippen MR) is 104 cm³/mol. The minimum absolute atomic E-state index is 0.0305. The second-order valence-corrected chi connectivity index (χ2v) is 7.57. The Hall–Kier alpha value is -2.39. The Bertz CT molecular complexity index is 855. The Morgan fingerprint density at radius 1 is 0.774 bits per heavy atom. The first-order valence-corrected chi connectivity index (χ1v) is 9.84. The van der Waals surface area contributed by atoms with Gasteiger partial charge in [0.05, 0.1) is 11.1 Å². The van der Waals surface area contributed by atoms with E-state index in [1.165, 1.54) is 5.56 Å². The molecule has 0 unspecified atom stereocenters. The van der Waals surface area contributed by atoms with Crippen LogP contribution in [0.4, 0.5) is 26.3 Å². The summed E-state index contributed by atoms with van der Waals surface area (Å²) >= 11 is 0. The Morgan fingerprint density at radius 3 is 1.81 bits per heavy atom. The maximum atomic E-state index is 13.0. The van der Waals surface area contributed by atoms with E-state index in [1.54, 1.807) is 0 Å². The molecular weight excluding hydrogens is 422 g/mol. The molecule has 168 valence electrons. The SMILES string of the molecule is O=C(CCN1CCN(Cc2ccccc2)CC1)c1cc(C(F)(F)F)cc(C(F)(F)F)c1. The van der Waals surface area contributed by atoms with Gasteiger partial charge in [0.15, 0.2) is 5.78 Å². The number of nitrogens with zero attached hydrogens (tertiary/aromatic N) is 2. The van der Waals surface area contributed by atoms with E-state index in [0.29, 0.717) is 25.2 Å². The highest BCUT2D eigenvalue weighted by Gasteiger charge is 2.37. The average Bonchev–Trinajstić information content (AvgIpc) is 2.72. The third kappa shape index (κ3) is 6.54. The molecule has 2 aromatic carbocycles. The van der Waals surface area contributed by atoms with Gasteiger partial charge in [0.1, 0.15) is 0 Å². The van der Waals surface area contributed by atoms with E-state index in [1.807, 2.05) is 35.2 Å². The molecule has 0 saturated carbocycles. The third-order valence-electron chi connectivity index (χ3n) is 5.28. The van der Waals surface area contributed by atoms with E-state index in [4.69, 9.17) is 0 Å². The second kappa shape index (κ2) is 9.40. The van der Waals surface area contributed by atoms with Gasteiger partial charge in [0.2, 0.25) is 0 Å². The zero-order valence-corrected chi connectivity index (χ0v) is 16.6. The van der Waals surface area contributed by atoms with Crippen LogP contribution < -0.4 is 0 Å². The molecule has 1 aliphatic rings. The summed E-state index contributed by atoms with van der Waals surface area (Å²) in [5.41, 5.74) is -2.32. The minimum atomic E-state index is -4.97. The molecule has 0 atom stereocenters. The van der Waals surface area contributed by atoms with Crippen molar-refractivity contribution in [2.75, 3.05) is 32.7 Å². The Labute approximate surface area is 176 Å². The summed E-state index contributed by atoms with van der Waals surface area (Å²) in [5.74, 6) is -0.733. The lowest BCUT2D eigenvalue weighted by Crippen LogP contribution is -2.46. The molecule has 1 aliphatic heterocycles. The predicted octanol–water partition coefficient (Wildman–Crippen LogP) is 5.11. The summed E-state index contributed by atoms with van der Waals surface area (Å²) in [6.07, 6.45) is -10.1. The minimum Gasteiger partial charge on any atom is -0.300 e. The van der Waals surface area contributed by atoms with E-state index in [9.17, 15) is 31.1 Å². The van der Waals surface area contributed by atoms with Crippen LogP contribution in [0.5, 0.6) is 0 Å². The van der Waals surface area contributed by atoms with E-state index in [-0.39, 0.29) is 19.0 Å². The lowest BCUT2D eigenvalue weighted by molar-refractivity contribution is -0.143. The third-order valence-corrected chi connectivity index (χ3v) is 5.28. The fourth-order valence-electron chi connectivity index (χ4n) is 3.53. The van der Waals surface area contributed by atoms with Gasteiger partial charge < -0.3 is 4.90 Å². The Morgan fingerprint density at radius 2 is 1.29 bits per heavy atom. The first-order valence-electron chi connectivity index (χ1n) is 9.84. The standard InChI is InChI=1S/C22H22F6N2O/c23-21(24,25)18-12-17(13-19(14-18)22(26,27)28)20(31)6-7-29-8-10-30(11-9-29)15-16-4-2-1-3-5-16/h1-5,12-14H,6-11,15H2. The van der Waals surface area contributed by atoms with E-state index in [0.717, 1.165) is 19.6 Å². The first-order chi connectivity index (χ1) is 14.5. The fraction of sp³-hybridized carbons (Fsp3) is 0.409. The zero-order chi connectivity index (χ0) is 22.6. The molecule has 1 fully saturated rings. The van der Waals surface area contributed by atoms with Gasteiger partial charge in [0.25, 0.3) is 0 Å². The molecule has 3 rings (SSSR count). The fourth-order valence-corrected chi connectivity index (χ4v) is 3.53. The molecule has 0 radical (unpaired) electrons. The van der Waals surface area contributed by atoms with E-state index >= 15 is 0 Å². The van der Waals surface area contributed by atoms with Crippen LogP contribution in [0.1, 0.15) is 33.5 Å². The summed E-state index contributed by atoms with van der Waals surface area (Å²) < 4.78 is 77.9. The molecule has 1 saturated heterocycles. The number of rotatable bonds is 6. The zero-order valence-electron chi connectivity index (χ0n) is 16.6. The highest BCUT2D eigenvalue weighted by Crippen LogP contribution is 2.36. The number of ketones is 1. The topological polar surface area (TPSA) is 23.6 Å². The second-order valence-electron chi connectivity index (χ2n) is 7.57. The van der Waals surface area contributed by atoms with Crippen molar-refractivity contribution in [3.8, 4) is 0 Å². The molecule has 1 heterocycles. The first kappa shape index (κ1) is 23.3. The molecule has 0 aromatic heterocycles. The normalized spacial score (nSPS) is 16.5. The summed E-state index contributed by atoms with van der Waals surface area (Å²) in [7, 11) is 0. The lowest BCUT2D eigenvalue weighted by atomic mass is 10.0. The van der Waals surface area contributed by atoms with Crippen molar-refractivity contribution in [3.63, 3.8) is 0 Å². The van der Waals surface area contributed by atoms with Gasteiger partial charge >= 0.3 is 12.4 Å². The van der Waals surface area contributed by atoms with Gasteiger partial charge in [-0.25, -0.2) is 0 Å². The van der Waals surface area contributed by atoms with Crippen molar-refractivity contribution in [1.82, 2.24) is 9.80 Å². The summed E-state index contributed by atoms with van der Waals surface area (Å²) in [6, 6.07) is 11.0. The monoisotopic (exact) mass is 444 g/mol. The van der Waals surface area contributed by atoms with E-state index in [2.05, 4.69) is 4.90 Å². The molecule has 0 spiro atoms. The van der Waals surface area contributed by atoms with Gasteiger partial charge in [-0.3, -0.25) is 9.69 Å². The molecule has 3 nitrogen and oxygen atoms in total. The number of halogens is 6. The highest BCUT2D eigenvalue weighted by molar-refractivity contribution is 5.96. The van der Waals surface area contributed by atoms with Crippen molar-refractivity contribution in [3.05, 3.63) is 70.8 Å². The van der Waals surface area contributed by atoms with Crippen LogP contribution in [0.25, 0.3) is 0 Å². The van der Waals surface area contributed by atoms with Crippen LogP contribution >= 0.6 is 0 Å². The largest absolute Gasteiger partial charge is 0.416 e. The van der Waals surface area contributed by atoms with Crippen LogP contribution in [0, 0.1) is 0 Å². The van der Waals surface area contributed by atoms with Gasteiger partial charge in [0, 0.05) is 51.3 Å². The molecule has 31 heavy (non-hydrogen) atoms. The number of benzene rings is 2. The summed E-state index contributed by atoms with van der Waals surface area (Å²) in [5, 5.41) is 0. The molecule has 0 aliphatic carbocycles. The van der Waals surface area contributed by atoms with Crippen LogP contribution in [-0.2, 0) is 18.9 Å². The van der Waals surface area contributed by atoms with Crippen LogP contribution in [0.15, 0.2) is 48.5 Å². The number of hydrogen-bond acceptors (Lipinski definition) is 3. The molecule has 0 bridgehead atoms. The molecular formula is C22H22F6N2O. The van der Waals surface area contributed by atoms with Gasteiger partial charge in [-0.2, -0.15) is 26.3 Å². The van der Waals surface area contributed by atoms with E-state index < -0.39 is 34.8 Å². The van der Waals surface area contributed by atoms with Crippen molar-refractivity contribution in [1.29, 1.82) is 0 Å². The number of Topliss-reactive ketones (excluding diaryl/α,β-unsaturated/α-hetero) is 1. The van der Waals surface area contributed by atoms with Gasteiger partial charge in [-0.1, -0.05) is 30.3 Å². The maximum Gasteiger partial charge on any atom is 0.416 e. The maximum absolute atomic E-state index is 13.0.